The first-order valence-electron chi connectivity index (χ1n) is 9.60. The molecule has 138 valence electrons. The zero-order valence-corrected chi connectivity index (χ0v) is 16.0. The summed E-state index contributed by atoms with van der Waals surface area (Å²) in [4.78, 5) is 25.3. The number of aryl methyl sites for hydroxylation is 1. The minimum absolute atomic E-state index is 0.0306. The molecule has 0 radical (unpaired) electrons. The summed E-state index contributed by atoms with van der Waals surface area (Å²) in [7, 11) is 0. The molecule has 1 aliphatic rings. The Hall–Kier alpha value is -1.84. The lowest BCUT2D eigenvalue weighted by Crippen LogP contribution is -2.49. The average molecular weight is 344 g/mol. The summed E-state index contributed by atoms with van der Waals surface area (Å²) < 4.78 is 0. The van der Waals surface area contributed by atoms with Gasteiger partial charge in [0.1, 0.15) is 6.04 Å². The Morgan fingerprint density at radius 3 is 2.44 bits per heavy atom. The van der Waals surface area contributed by atoms with Crippen molar-refractivity contribution in [3.05, 3.63) is 29.8 Å². The van der Waals surface area contributed by atoms with Gasteiger partial charge in [-0.3, -0.25) is 9.59 Å². The Labute approximate surface area is 151 Å². The Kier molecular flexibility index (Phi) is 7.03. The van der Waals surface area contributed by atoms with E-state index < -0.39 is 6.04 Å². The number of nitrogens with one attached hydrogen (secondary N) is 2. The first kappa shape index (κ1) is 19.5. The van der Waals surface area contributed by atoms with Crippen LogP contribution in [0.1, 0.15) is 58.9 Å². The molecule has 2 rings (SSSR count). The molecule has 4 heteroatoms. The largest absolute Gasteiger partial charge is 0.344 e. The fraction of sp³-hybridized carbons (Fsp3) is 0.619. The van der Waals surface area contributed by atoms with Crippen molar-refractivity contribution < 1.29 is 9.59 Å². The maximum atomic E-state index is 12.7. The van der Waals surface area contributed by atoms with Gasteiger partial charge in [-0.2, -0.15) is 0 Å². The van der Waals surface area contributed by atoms with E-state index in [4.69, 9.17) is 0 Å². The number of hydrogen-bond acceptors (Lipinski definition) is 2. The minimum Gasteiger partial charge on any atom is -0.344 e. The third-order valence-electron chi connectivity index (χ3n) is 5.24. The molecule has 1 fully saturated rings. The molecule has 0 spiro atoms. The predicted octanol–water partition coefficient (Wildman–Crippen LogP) is 4.15. The summed E-state index contributed by atoms with van der Waals surface area (Å²) in [6, 6.07) is 7.36. The monoisotopic (exact) mass is 344 g/mol. The van der Waals surface area contributed by atoms with Crippen molar-refractivity contribution in [3.8, 4) is 0 Å². The van der Waals surface area contributed by atoms with E-state index in [0.29, 0.717) is 5.92 Å². The van der Waals surface area contributed by atoms with E-state index in [1.54, 1.807) is 0 Å². The van der Waals surface area contributed by atoms with E-state index in [1.165, 1.54) is 5.56 Å². The summed E-state index contributed by atoms with van der Waals surface area (Å²) in [5, 5.41) is 5.96. The average Bonchev–Trinajstić information content (AvgIpc) is 2.59. The van der Waals surface area contributed by atoms with E-state index >= 15 is 0 Å². The van der Waals surface area contributed by atoms with Crippen molar-refractivity contribution in [2.75, 3.05) is 5.32 Å². The third-order valence-corrected chi connectivity index (χ3v) is 5.24. The summed E-state index contributed by atoms with van der Waals surface area (Å²) in [5.74, 6) is 0.692. The Balaban J connectivity index is 1.99. The lowest BCUT2D eigenvalue weighted by molar-refractivity contribution is -0.131. The van der Waals surface area contributed by atoms with Crippen LogP contribution in [0.15, 0.2) is 24.3 Å². The van der Waals surface area contributed by atoms with Crippen molar-refractivity contribution in [3.63, 3.8) is 0 Å². The van der Waals surface area contributed by atoms with Gasteiger partial charge in [-0.15, -0.1) is 0 Å². The van der Waals surface area contributed by atoms with Crippen LogP contribution in [-0.2, 0) is 16.0 Å². The van der Waals surface area contributed by atoms with E-state index in [1.807, 2.05) is 38.1 Å². The quantitative estimate of drug-likeness (QED) is 0.814. The van der Waals surface area contributed by atoms with Crippen LogP contribution in [0, 0.1) is 17.8 Å². The molecule has 2 N–H and O–H groups in total. The van der Waals surface area contributed by atoms with Crippen molar-refractivity contribution >= 4 is 17.5 Å². The van der Waals surface area contributed by atoms with Gasteiger partial charge in [-0.05, 0) is 61.6 Å². The number of benzene rings is 1. The van der Waals surface area contributed by atoms with Crippen molar-refractivity contribution in [2.24, 2.45) is 17.8 Å². The first-order chi connectivity index (χ1) is 11.9. The fourth-order valence-electron chi connectivity index (χ4n) is 3.42. The molecule has 2 amide bonds. The molecule has 1 unspecified atom stereocenters. The maximum absolute atomic E-state index is 12.7. The molecule has 1 atom stereocenters. The van der Waals surface area contributed by atoms with Crippen LogP contribution in [0.5, 0.6) is 0 Å². The number of hydrogen-bond donors (Lipinski definition) is 2. The Morgan fingerprint density at radius 1 is 1.16 bits per heavy atom. The molecule has 0 saturated heterocycles. The Morgan fingerprint density at radius 2 is 1.84 bits per heavy atom. The Bertz CT molecular complexity index is 589. The number of amides is 2. The molecule has 1 aromatic carbocycles. The van der Waals surface area contributed by atoms with Crippen LogP contribution in [-0.4, -0.2) is 17.9 Å². The van der Waals surface area contributed by atoms with Crippen LogP contribution in [0.25, 0.3) is 0 Å². The normalized spacial score (nSPS) is 21.6. The summed E-state index contributed by atoms with van der Waals surface area (Å²) in [6.45, 7) is 8.26. The fourth-order valence-corrected chi connectivity index (χ4v) is 3.42. The zero-order chi connectivity index (χ0) is 18.4. The van der Waals surface area contributed by atoms with E-state index in [9.17, 15) is 9.59 Å². The van der Waals surface area contributed by atoms with E-state index in [-0.39, 0.29) is 23.7 Å². The standard InChI is InChI=1S/C21H32N2O2/c1-5-16-7-6-8-18(13-16)22-21(25)19(14(2)3)23-20(24)17-11-9-15(4)10-12-17/h6-8,13-15,17,19H,5,9-12H2,1-4H3,(H,22,25)(H,23,24). The second kappa shape index (κ2) is 9.02. The summed E-state index contributed by atoms with van der Waals surface area (Å²) in [5.41, 5.74) is 1.97. The van der Waals surface area contributed by atoms with Gasteiger partial charge in [0.25, 0.3) is 0 Å². The van der Waals surface area contributed by atoms with Gasteiger partial charge in [0.2, 0.25) is 11.8 Å². The number of rotatable bonds is 6. The van der Waals surface area contributed by atoms with E-state index in [0.717, 1.165) is 37.8 Å². The molecule has 4 nitrogen and oxygen atoms in total. The number of carbonyl (C=O) groups is 2. The maximum Gasteiger partial charge on any atom is 0.247 e. The van der Waals surface area contributed by atoms with Crippen LogP contribution in [0.3, 0.4) is 0 Å². The SMILES string of the molecule is CCc1cccc(NC(=O)C(NC(=O)C2CCC(C)CC2)C(C)C)c1. The number of carbonyl (C=O) groups excluding carboxylic acids is 2. The van der Waals surface area contributed by atoms with Gasteiger partial charge in [-0.25, -0.2) is 0 Å². The molecule has 1 aliphatic carbocycles. The van der Waals surface area contributed by atoms with Gasteiger partial charge < -0.3 is 10.6 Å². The van der Waals surface area contributed by atoms with Gasteiger partial charge in [-0.1, -0.05) is 39.8 Å². The third kappa shape index (κ3) is 5.58. The highest BCUT2D eigenvalue weighted by molar-refractivity contribution is 5.97. The van der Waals surface area contributed by atoms with Gasteiger partial charge in [0.15, 0.2) is 0 Å². The highest BCUT2D eigenvalue weighted by Gasteiger charge is 2.29. The molecule has 0 heterocycles. The van der Waals surface area contributed by atoms with Gasteiger partial charge >= 0.3 is 0 Å². The van der Waals surface area contributed by atoms with Gasteiger partial charge in [0, 0.05) is 11.6 Å². The molecule has 0 aromatic heterocycles. The molecular formula is C21H32N2O2. The van der Waals surface area contributed by atoms with Gasteiger partial charge in [0.05, 0.1) is 0 Å². The zero-order valence-electron chi connectivity index (χ0n) is 16.0. The van der Waals surface area contributed by atoms with Crippen molar-refractivity contribution in [1.82, 2.24) is 5.32 Å². The molecular weight excluding hydrogens is 312 g/mol. The van der Waals surface area contributed by atoms with Crippen molar-refractivity contribution in [2.45, 2.75) is 65.8 Å². The van der Waals surface area contributed by atoms with Crippen molar-refractivity contribution in [1.29, 1.82) is 0 Å². The topological polar surface area (TPSA) is 58.2 Å². The highest BCUT2D eigenvalue weighted by atomic mass is 16.2. The van der Waals surface area contributed by atoms with E-state index in [2.05, 4.69) is 24.5 Å². The second-order valence-corrected chi connectivity index (χ2v) is 7.73. The first-order valence-corrected chi connectivity index (χ1v) is 9.60. The van der Waals surface area contributed by atoms with Crippen LogP contribution in [0.2, 0.25) is 0 Å². The molecule has 1 aromatic rings. The smallest absolute Gasteiger partial charge is 0.247 e. The predicted molar refractivity (Wildman–Crippen MR) is 102 cm³/mol. The highest BCUT2D eigenvalue weighted by Crippen LogP contribution is 2.28. The lowest BCUT2D eigenvalue weighted by atomic mass is 9.82. The summed E-state index contributed by atoms with van der Waals surface area (Å²) >= 11 is 0. The molecule has 0 aliphatic heterocycles. The molecule has 0 bridgehead atoms. The molecule has 1 saturated carbocycles. The molecule has 25 heavy (non-hydrogen) atoms. The van der Waals surface area contributed by atoms with Crippen LogP contribution >= 0.6 is 0 Å². The van der Waals surface area contributed by atoms with Crippen LogP contribution in [0.4, 0.5) is 5.69 Å². The summed E-state index contributed by atoms with van der Waals surface area (Å²) in [6.07, 6.45) is 4.98. The minimum atomic E-state index is -0.503. The lowest BCUT2D eigenvalue weighted by Gasteiger charge is -2.28. The number of anilines is 1. The second-order valence-electron chi connectivity index (χ2n) is 7.73. The van der Waals surface area contributed by atoms with Crippen LogP contribution < -0.4 is 10.6 Å².